The molecule has 1 aliphatic heterocycles. The lowest BCUT2D eigenvalue weighted by molar-refractivity contribution is -0.130. The van der Waals surface area contributed by atoms with E-state index in [4.69, 9.17) is 23.2 Å². The Morgan fingerprint density at radius 1 is 1.29 bits per heavy atom. The molecule has 2 aliphatic rings. The van der Waals surface area contributed by atoms with E-state index in [2.05, 4.69) is 15.2 Å². The van der Waals surface area contributed by atoms with E-state index in [1.807, 2.05) is 4.90 Å². The molecule has 0 radical (unpaired) electrons. The zero-order valence-electron chi connectivity index (χ0n) is 11.7. The van der Waals surface area contributed by atoms with E-state index in [1.54, 1.807) is 12.3 Å². The zero-order valence-corrected chi connectivity index (χ0v) is 13.2. The molecule has 5 nitrogen and oxygen atoms in total. The van der Waals surface area contributed by atoms with Crippen molar-refractivity contribution in [3.8, 4) is 0 Å². The van der Waals surface area contributed by atoms with Gasteiger partial charge in [0.25, 0.3) is 0 Å². The van der Waals surface area contributed by atoms with Gasteiger partial charge in [0.1, 0.15) is 5.82 Å². The minimum Gasteiger partial charge on any atom is -0.352 e. The van der Waals surface area contributed by atoms with Crippen molar-refractivity contribution in [1.29, 1.82) is 0 Å². The molecule has 1 saturated carbocycles. The number of nitrogens with one attached hydrogen (secondary N) is 1. The second-order valence-corrected chi connectivity index (χ2v) is 6.33. The lowest BCUT2D eigenvalue weighted by Gasteiger charge is -2.35. The number of hydrogen-bond donors (Lipinski definition) is 1. The average Bonchev–Trinajstić information content (AvgIpc) is 3.29. The van der Waals surface area contributed by atoms with E-state index in [1.165, 1.54) is 12.8 Å². The summed E-state index contributed by atoms with van der Waals surface area (Å²) in [4.78, 5) is 20.3. The molecular formula is C14H18Cl2N4O. The summed E-state index contributed by atoms with van der Waals surface area (Å²) in [6.07, 6.45) is 3.99. The first-order valence-electron chi connectivity index (χ1n) is 7.20. The van der Waals surface area contributed by atoms with E-state index in [0.29, 0.717) is 35.7 Å². The predicted octanol–water partition coefficient (Wildman–Crippen LogP) is 1.79. The Labute approximate surface area is 134 Å². The molecule has 0 bridgehead atoms. The summed E-state index contributed by atoms with van der Waals surface area (Å²) in [6.45, 7) is 3.33. The van der Waals surface area contributed by atoms with Crippen molar-refractivity contribution in [1.82, 2.24) is 15.2 Å². The summed E-state index contributed by atoms with van der Waals surface area (Å²) in [5, 5.41) is 4.34. The maximum absolute atomic E-state index is 12.1. The normalized spacial score (nSPS) is 19.0. The summed E-state index contributed by atoms with van der Waals surface area (Å²) < 4.78 is 0. The second kappa shape index (κ2) is 6.38. The van der Waals surface area contributed by atoms with Gasteiger partial charge in [0.15, 0.2) is 0 Å². The smallest absolute Gasteiger partial charge is 0.236 e. The van der Waals surface area contributed by atoms with Crippen LogP contribution in [0.1, 0.15) is 12.8 Å². The van der Waals surface area contributed by atoms with Crippen LogP contribution in [-0.4, -0.2) is 54.6 Å². The number of halogens is 2. The van der Waals surface area contributed by atoms with Gasteiger partial charge in [-0.3, -0.25) is 4.79 Å². The zero-order chi connectivity index (χ0) is 14.8. The quantitative estimate of drug-likeness (QED) is 0.915. The second-order valence-electron chi connectivity index (χ2n) is 5.48. The van der Waals surface area contributed by atoms with Gasteiger partial charge in [-0.2, -0.15) is 0 Å². The molecule has 0 spiro atoms. The van der Waals surface area contributed by atoms with Crippen LogP contribution in [0.5, 0.6) is 0 Å². The van der Waals surface area contributed by atoms with E-state index in [9.17, 15) is 4.79 Å². The third kappa shape index (κ3) is 3.78. The number of anilines is 1. The van der Waals surface area contributed by atoms with Crippen molar-refractivity contribution in [2.75, 3.05) is 37.6 Å². The Morgan fingerprint density at radius 3 is 2.62 bits per heavy atom. The number of amides is 1. The van der Waals surface area contributed by atoms with E-state index in [-0.39, 0.29) is 5.91 Å². The highest BCUT2D eigenvalue weighted by Gasteiger charge is 2.25. The molecular weight excluding hydrogens is 311 g/mol. The first kappa shape index (κ1) is 14.9. The van der Waals surface area contributed by atoms with Crippen LogP contribution in [-0.2, 0) is 4.79 Å². The molecule has 2 fully saturated rings. The van der Waals surface area contributed by atoms with E-state index < -0.39 is 0 Å². The van der Waals surface area contributed by atoms with Crippen LogP contribution in [0.2, 0.25) is 10.0 Å². The first-order valence-corrected chi connectivity index (χ1v) is 7.96. The fourth-order valence-corrected chi connectivity index (χ4v) is 2.94. The third-order valence-corrected chi connectivity index (χ3v) is 4.32. The van der Waals surface area contributed by atoms with Gasteiger partial charge in [0.2, 0.25) is 5.91 Å². The van der Waals surface area contributed by atoms with Crippen molar-refractivity contribution in [2.45, 2.75) is 18.9 Å². The molecule has 2 heterocycles. The highest BCUT2D eigenvalue weighted by molar-refractivity contribution is 6.36. The number of pyridine rings is 1. The van der Waals surface area contributed by atoms with Crippen molar-refractivity contribution >= 4 is 34.9 Å². The standard InChI is InChI=1S/C14H18Cl2N4O/c15-10-7-12(16)14(18-8-10)20-5-3-19(4-6-20)13(21)9-17-11-1-2-11/h7-8,11,17H,1-6,9H2. The summed E-state index contributed by atoms with van der Waals surface area (Å²) in [5.74, 6) is 0.918. The van der Waals surface area contributed by atoms with E-state index >= 15 is 0 Å². The Hall–Kier alpha value is -1.04. The van der Waals surface area contributed by atoms with Gasteiger partial charge < -0.3 is 15.1 Å². The van der Waals surface area contributed by atoms with Gasteiger partial charge in [0, 0.05) is 38.4 Å². The number of nitrogens with zero attached hydrogens (tertiary/aromatic N) is 3. The van der Waals surface area contributed by atoms with Gasteiger partial charge in [-0.15, -0.1) is 0 Å². The Kier molecular flexibility index (Phi) is 4.52. The number of piperazine rings is 1. The predicted molar refractivity (Wildman–Crippen MR) is 84.1 cm³/mol. The molecule has 0 atom stereocenters. The lowest BCUT2D eigenvalue weighted by atomic mass is 10.3. The fourth-order valence-electron chi connectivity index (χ4n) is 2.44. The summed E-state index contributed by atoms with van der Waals surface area (Å²) >= 11 is 12.0. The minimum absolute atomic E-state index is 0.178. The molecule has 1 saturated heterocycles. The average molecular weight is 329 g/mol. The largest absolute Gasteiger partial charge is 0.352 e. The van der Waals surface area contributed by atoms with Gasteiger partial charge >= 0.3 is 0 Å². The maximum Gasteiger partial charge on any atom is 0.236 e. The molecule has 1 aliphatic carbocycles. The molecule has 0 aromatic carbocycles. The first-order chi connectivity index (χ1) is 10.1. The Bertz CT molecular complexity index is 528. The monoisotopic (exact) mass is 328 g/mol. The van der Waals surface area contributed by atoms with Gasteiger partial charge in [0.05, 0.1) is 16.6 Å². The molecule has 7 heteroatoms. The van der Waals surface area contributed by atoms with Gasteiger partial charge in [-0.05, 0) is 18.9 Å². The van der Waals surface area contributed by atoms with Crippen molar-refractivity contribution in [3.63, 3.8) is 0 Å². The summed E-state index contributed by atoms with van der Waals surface area (Å²) in [5.41, 5.74) is 0. The number of carbonyl (C=O) groups is 1. The summed E-state index contributed by atoms with van der Waals surface area (Å²) in [6, 6.07) is 2.26. The minimum atomic E-state index is 0.178. The Balaban J connectivity index is 1.53. The molecule has 1 amide bonds. The highest BCUT2D eigenvalue weighted by Crippen LogP contribution is 2.26. The molecule has 3 rings (SSSR count). The number of hydrogen-bond acceptors (Lipinski definition) is 4. The molecule has 114 valence electrons. The highest BCUT2D eigenvalue weighted by atomic mass is 35.5. The number of carbonyl (C=O) groups excluding carboxylic acids is 1. The van der Waals surface area contributed by atoms with Crippen molar-refractivity contribution in [2.24, 2.45) is 0 Å². The molecule has 1 N–H and O–H groups in total. The number of aromatic nitrogens is 1. The van der Waals surface area contributed by atoms with Crippen LogP contribution in [0.15, 0.2) is 12.3 Å². The van der Waals surface area contributed by atoms with Gasteiger partial charge in [-0.25, -0.2) is 4.98 Å². The molecule has 21 heavy (non-hydrogen) atoms. The Morgan fingerprint density at radius 2 is 2.00 bits per heavy atom. The SMILES string of the molecule is O=C(CNC1CC1)N1CCN(c2ncc(Cl)cc2Cl)CC1. The summed E-state index contributed by atoms with van der Waals surface area (Å²) in [7, 11) is 0. The van der Waals surface area contributed by atoms with Crippen LogP contribution < -0.4 is 10.2 Å². The molecule has 1 aromatic rings. The van der Waals surface area contributed by atoms with Crippen molar-refractivity contribution < 1.29 is 4.79 Å². The number of rotatable bonds is 4. The lowest BCUT2D eigenvalue weighted by Crippen LogP contribution is -2.51. The fraction of sp³-hybridized carbons (Fsp3) is 0.571. The van der Waals surface area contributed by atoms with Gasteiger partial charge in [-0.1, -0.05) is 23.2 Å². The molecule has 1 aromatic heterocycles. The van der Waals surface area contributed by atoms with Crippen LogP contribution in [0.4, 0.5) is 5.82 Å². The van der Waals surface area contributed by atoms with Crippen LogP contribution in [0.3, 0.4) is 0 Å². The molecule has 0 unspecified atom stereocenters. The third-order valence-electron chi connectivity index (χ3n) is 3.84. The van der Waals surface area contributed by atoms with Crippen LogP contribution in [0.25, 0.3) is 0 Å². The van der Waals surface area contributed by atoms with E-state index in [0.717, 1.165) is 18.9 Å². The van der Waals surface area contributed by atoms with Crippen LogP contribution in [0, 0.1) is 0 Å². The maximum atomic E-state index is 12.1. The van der Waals surface area contributed by atoms with Crippen LogP contribution >= 0.6 is 23.2 Å². The van der Waals surface area contributed by atoms with Crippen molar-refractivity contribution in [3.05, 3.63) is 22.3 Å². The topological polar surface area (TPSA) is 48.5 Å².